The lowest BCUT2D eigenvalue weighted by molar-refractivity contribution is -0.0690. The number of phosphoric acid groups is 1. The number of phosphoric ester groups is 1. The quantitative estimate of drug-likeness (QED) is 0.0360. The maximum Gasteiger partial charge on any atom is 0.472 e. The molecule has 1 aromatic carbocycles. The van der Waals surface area contributed by atoms with Gasteiger partial charge in [0.25, 0.3) is 0 Å². The monoisotopic (exact) mass is 815 g/mol. The summed E-state index contributed by atoms with van der Waals surface area (Å²) in [6.07, 6.45) is 19.2. The van der Waals surface area contributed by atoms with Crippen LogP contribution in [0.5, 0.6) is 0 Å². The lowest BCUT2D eigenvalue weighted by Gasteiger charge is -2.24. The number of unbranched alkanes of at least 4 members (excludes halogenated alkanes) is 17. The Morgan fingerprint density at radius 1 is 0.877 bits per heavy atom. The zero-order valence-corrected chi connectivity index (χ0v) is 34.7. The summed E-state index contributed by atoms with van der Waals surface area (Å²) in [5.74, 6) is 0.137. The van der Waals surface area contributed by atoms with E-state index < -0.39 is 44.4 Å². The Morgan fingerprint density at radius 2 is 1.47 bits per heavy atom. The Bertz CT molecular complexity index is 1640. The predicted molar refractivity (Wildman–Crippen MR) is 218 cm³/mol. The van der Waals surface area contributed by atoms with Crippen LogP contribution in [-0.2, 0) is 40.0 Å². The highest BCUT2D eigenvalue weighted by molar-refractivity contribution is 7.47. The molecular formula is C42H66N5O9P. The van der Waals surface area contributed by atoms with Crippen LogP contribution in [0.15, 0.2) is 48.8 Å². The third-order valence-corrected chi connectivity index (χ3v) is 11.5. The molecule has 0 bridgehead atoms. The molecule has 4 rings (SSSR count). The molecule has 0 spiro atoms. The van der Waals surface area contributed by atoms with E-state index in [4.69, 9.17) is 29.0 Å². The zero-order chi connectivity index (χ0) is 40.8. The van der Waals surface area contributed by atoms with Gasteiger partial charge >= 0.3 is 7.82 Å². The van der Waals surface area contributed by atoms with E-state index in [2.05, 4.69) is 17.0 Å². The van der Waals surface area contributed by atoms with Gasteiger partial charge in [-0.15, -0.1) is 0 Å². The van der Waals surface area contributed by atoms with Crippen LogP contribution in [0.3, 0.4) is 0 Å². The highest BCUT2D eigenvalue weighted by Crippen LogP contribution is 2.46. The molecule has 1 unspecified atom stereocenters. The number of hydrogen-bond donors (Lipinski definition) is 4. The van der Waals surface area contributed by atoms with E-state index in [0.717, 1.165) is 18.4 Å². The molecule has 318 valence electrons. The molecule has 0 aliphatic carbocycles. The normalized spacial score (nSPS) is 21.1. The van der Waals surface area contributed by atoms with Gasteiger partial charge in [-0.2, -0.15) is 10.4 Å². The predicted octanol–water partition coefficient (Wildman–Crippen LogP) is 7.93. The summed E-state index contributed by atoms with van der Waals surface area (Å²) >= 11 is 0. The van der Waals surface area contributed by atoms with Crippen LogP contribution in [0.25, 0.3) is 5.52 Å². The molecule has 1 aliphatic rings. The number of nitrogens with zero attached hydrogens (tertiary/aromatic N) is 4. The first-order valence-electron chi connectivity index (χ1n) is 21.1. The molecular weight excluding hydrogens is 749 g/mol. The Kier molecular flexibility index (Phi) is 20.9. The molecule has 1 fully saturated rings. The molecule has 57 heavy (non-hydrogen) atoms. The number of benzene rings is 1. The van der Waals surface area contributed by atoms with Crippen molar-refractivity contribution in [2.24, 2.45) is 0 Å². The summed E-state index contributed by atoms with van der Waals surface area (Å²) in [4.78, 5) is 14.5. The van der Waals surface area contributed by atoms with Gasteiger partial charge < -0.3 is 35.1 Å². The SMILES string of the molecule is CCCCCCCCCCCCCCCCCCCCOC[C@H](COP(=O)(O)OC[C@H]1O[C@@](C#N)(c2ccc3c(N)ncnn23)[C@H](O)[C@@H]1O)OCc1ccccc1. The molecule has 3 aromatic rings. The van der Waals surface area contributed by atoms with Crippen LogP contribution in [0.4, 0.5) is 5.82 Å². The topological polar surface area (TPSA) is 204 Å². The molecule has 15 heteroatoms. The molecule has 0 radical (unpaired) electrons. The van der Waals surface area contributed by atoms with E-state index in [1.165, 1.54) is 120 Å². The van der Waals surface area contributed by atoms with Crippen LogP contribution in [0.2, 0.25) is 0 Å². The number of nitrogens with two attached hydrogens (primary N) is 1. The molecule has 3 heterocycles. The van der Waals surface area contributed by atoms with E-state index in [0.29, 0.717) is 12.1 Å². The van der Waals surface area contributed by atoms with Gasteiger partial charge in [0.05, 0.1) is 32.1 Å². The van der Waals surface area contributed by atoms with Crippen LogP contribution in [0, 0.1) is 11.3 Å². The van der Waals surface area contributed by atoms with Crippen LogP contribution in [0.1, 0.15) is 134 Å². The van der Waals surface area contributed by atoms with Gasteiger partial charge in [-0.25, -0.2) is 14.1 Å². The van der Waals surface area contributed by atoms with E-state index in [9.17, 15) is 24.9 Å². The van der Waals surface area contributed by atoms with Gasteiger partial charge in [-0.05, 0) is 24.1 Å². The van der Waals surface area contributed by atoms with Crippen molar-refractivity contribution in [2.45, 2.75) is 159 Å². The van der Waals surface area contributed by atoms with E-state index in [1.54, 1.807) is 6.07 Å². The van der Waals surface area contributed by atoms with Crippen molar-refractivity contribution in [1.82, 2.24) is 14.6 Å². The number of ether oxygens (including phenoxy) is 3. The van der Waals surface area contributed by atoms with Crippen LogP contribution >= 0.6 is 7.82 Å². The smallest absolute Gasteiger partial charge is 0.387 e. The van der Waals surface area contributed by atoms with Crippen LogP contribution < -0.4 is 5.73 Å². The first kappa shape index (κ1) is 46.7. The number of nitrogen functional groups attached to an aromatic ring is 1. The Hall–Kier alpha value is -2.96. The standard InChI is InChI=1S/C42H66N5O9P/c1-2-3-4-5-6-7-8-9-10-11-12-13-14-15-16-17-18-22-27-52-29-35(53-28-34-23-20-19-21-24-34)30-54-57(50,51)55-31-37-39(48)40(49)42(32-43,56-37)38-26-25-36-41(44)45-33-46-47(36)38/h19-21,23-26,33,35,37,39-40,48-49H,2-18,22,27-31H2,1H3,(H,50,51)(H2,44,45,46)/t35-,37-,39-,40-,42+/m1/s1. The second-order valence-corrected chi connectivity index (χ2v) is 16.6. The Labute approximate surface area is 338 Å². The van der Waals surface area contributed by atoms with Gasteiger partial charge in [0.15, 0.2) is 5.82 Å². The van der Waals surface area contributed by atoms with Crippen molar-refractivity contribution >= 4 is 19.2 Å². The first-order valence-corrected chi connectivity index (χ1v) is 22.6. The number of anilines is 1. The second-order valence-electron chi connectivity index (χ2n) is 15.2. The van der Waals surface area contributed by atoms with Gasteiger partial charge in [0.1, 0.15) is 42.3 Å². The average Bonchev–Trinajstić information content (AvgIpc) is 3.76. The minimum atomic E-state index is -4.71. The van der Waals surface area contributed by atoms with Crippen LogP contribution in [-0.4, -0.2) is 80.5 Å². The third kappa shape index (κ3) is 15.3. The summed E-state index contributed by atoms with van der Waals surface area (Å²) in [6.45, 7) is 2.22. The molecule has 5 N–H and O–H groups in total. The van der Waals surface area contributed by atoms with Crippen molar-refractivity contribution < 1.29 is 42.9 Å². The fraction of sp³-hybridized carbons (Fsp3) is 0.690. The number of rotatable bonds is 31. The molecule has 1 aliphatic heterocycles. The fourth-order valence-electron chi connectivity index (χ4n) is 7.19. The maximum atomic E-state index is 13.0. The zero-order valence-electron chi connectivity index (χ0n) is 33.8. The minimum absolute atomic E-state index is 0.0926. The Morgan fingerprint density at radius 3 is 2.07 bits per heavy atom. The number of hydrogen-bond acceptors (Lipinski definition) is 12. The molecule has 1 saturated heterocycles. The molecule has 6 atom stereocenters. The van der Waals surface area contributed by atoms with Gasteiger partial charge in [-0.1, -0.05) is 146 Å². The summed E-state index contributed by atoms with van der Waals surface area (Å²) in [6, 6.07) is 14.5. The minimum Gasteiger partial charge on any atom is -0.387 e. The van der Waals surface area contributed by atoms with Crippen molar-refractivity contribution in [2.75, 3.05) is 32.2 Å². The van der Waals surface area contributed by atoms with E-state index >= 15 is 0 Å². The Balaban J connectivity index is 1.12. The summed E-state index contributed by atoms with van der Waals surface area (Å²) in [5, 5.41) is 36.0. The van der Waals surface area contributed by atoms with Gasteiger partial charge in [0, 0.05) is 6.61 Å². The van der Waals surface area contributed by atoms with Crippen molar-refractivity contribution in [3.05, 3.63) is 60.0 Å². The highest BCUT2D eigenvalue weighted by atomic mass is 31.2. The summed E-state index contributed by atoms with van der Waals surface area (Å²) in [7, 11) is -4.71. The molecule has 0 amide bonds. The van der Waals surface area contributed by atoms with Crippen molar-refractivity contribution in [1.29, 1.82) is 5.26 Å². The van der Waals surface area contributed by atoms with Gasteiger partial charge in [-0.3, -0.25) is 9.05 Å². The molecule has 2 aromatic heterocycles. The van der Waals surface area contributed by atoms with E-state index in [-0.39, 0.29) is 31.3 Å². The highest BCUT2D eigenvalue weighted by Gasteiger charge is 2.58. The summed E-state index contributed by atoms with van der Waals surface area (Å²) < 4.78 is 42.5. The number of aliphatic hydroxyl groups is 2. The molecule has 14 nitrogen and oxygen atoms in total. The lowest BCUT2D eigenvalue weighted by atomic mass is 9.92. The fourth-order valence-corrected chi connectivity index (χ4v) is 7.95. The van der Waals surface area contributed by atoms with E-state index in [1.807, 2.05) is 36.4 Å². The lowest BCUT2D eigenvalue weighted by Crippen LogP contribution is -2.41. The summed E-state index contributed by atoms with van der Waals surface area (Å²) in [5.41, 5.74) is 5.21. The number of fused-ring (bicyclic) bond motifs is 1. The number of nitriles is 1. The third-order valence-electron chi connectivity index (χ3n) is 10.6. The van der Waals surface area contributed by atoms with Crippen molar-refractivity contribution in [3.63, 3.8) is 0 Å². The maximum absolute atomic E-state index is 13.0. The van der Waals surface area contributed by atoms with Crippen molar-refractivity contribution in [3.8, 4) is 6.07 Å². The molecule has 0 saturated carbocycles. The second kappa shape index (κ2) is 25.5. The number of aliphatic hydroxyl groups excluding tert-OH is 2. The average molecular weight is 816 g/mol. The number of aromatic nitrogens is 3. The largest absolute Gasteiger partial charge is 0.472 e. The first-order chi connectivity index (χ1) is 27.7. The van der Waals surface area contributed by atoms with Gasteiger partial charge in [0.2, 0.25) is 5.60 Å².